The van der Waals surface area contributed by atoms with Gasteiger partial charge in [-0.3, -0.25) is 4.90 Å². The number of morpholine rings is 1. The van der Waals surface area contributed by atoms with Crippen molar-refractivity contribution in [2.45, 2.75) is 42.9 Å². The molecule has 1 fully saturated rings. The summed E-state index contributed by atoms with van der Waals surface area (Å²) in [6.45, 7) is 6.19. The van der Waals surface area contributed by atoms with Crippen LogP contribution in [0, 0.1) is 6.92 Å². The fourth-order valence-electron chi connectivity index (χ4n) is 3.67. The number of fused-ring (bicyclic) bond motifs is 3. The fourth-order valence-corrected chi connectivity index (χ4v) is 6.01. The molecule has 0 unspecified atom stereocenters. The van der Waals surface area contributed by atoms with E-state index in [1.54, 1.807) is 11.8 Å². The Kier molecular flexibility index (Phi) is 4.63. The van der Waals surface area contributed by atoms with Gasteiger partial charge in [-0.05, 0) is 43.5 Å². The Bertz CT molecular complexity index is 992. The summed E-state index contributed by atoms with van der Waals surface area (Å²) < 4.78 is 7.49. The van der Waals surface area contributed by atoms with Crippen molar-refractivity contribution in [1.82, 2.24) is 29.6 Å². The highest BCUT2D eigenvalue weighted by molar-refractivity contribution is 7.99. The molecule has 27 heavy (non-hydrogen) atoms. The lowest BCUT2D eigenvalue weighted by atomic mass is 10.2. The number of hydrogen-bond acceptors (Lipinski definition) is 8. The van der Waals surface area contributed by atoms with Crippen molar-refractivity contribution in [2.24, 2.45) is 7.05 Å². The minimum absolute atomic E-state index is 0.771. The van der Waals surface area contributed by atoms with Gasteiger partial charge in [0.2, 0.25) is 0 Å². The largest absolute Gasteiger partial charge is 0.379 e. The number of aromatic nitrogens is 5. The minimum Gasteiger partial charge on any atom is -0.379 e. The lowest BCUT2D eigenvalue weighted by Gasteiger charge is -2.25. The Balaban J connectivity index is 1.56. The normalized spacial score (nSPS) is 17.7. The van der Waals surface area contributed by atoms with Crippen LogP contribution >= 0.6 is 23.1 Å². The molecule has 1 saturated heterocycles. The zero-order valence-electron chi connectivity index (χ0n) is 15.6. The smallest absolute Gasteiger partial charge is 0.197 e. The monoisotopic (exact) mass is 402 g/mol. The molecule has 1 aliphatic carbocycles. The molecule has 5 rings (SSSR count). The third kappa shape index (κ3) is 3.26. The third-order valence-electron chi connectivity index (χ3n) is 5.29. The quantitative estimate of drug-likeness (QED) is 0.621. The van der Waals surface area contributed by atoms with Crippen LogP contribution in [0.3, 0.4) is 0 Å². The predicted octanol–water partition coefficient (Wildman–Crippen LogP) is 2.60. The molecule has 0 N–H and O–H groups in total. The van der Waals surface area contributed by atoms with Gasteiger partial charge >= 0.3 is 0 Å². The van der Waals surface area contributed by atoms with Crippen LogP contribution in [0.25, 0.3) is 10.2 Å². The van der Waals surface area contributed by atoms with Gasteiger partial charge in [0.05, 0.1) is 19.8 Å². The van der Waals surface area contributed by atoms with Gasteiger partial charge in [0, 0.05) is 30.4 Å². The summed E-state index contributed by atoms with van der Waals surface area (Å²) in [6, 6.07) is 0. The van der Waals surface area contributed by atoms with Crippen molar-refractivity contribution in [3.8, 4) is 0 Å². The Morgan fingerprint density at radius 1 is 1.15 bits per heavy atom. The van der Waals surface area contributed by atoms with Crippen LogP contribution in [0.5, 0.6) is 0 Å². The average Bonchev–Trinajstić information content (AvgIpc) is 3.33. The van der Waals surface area contributed by atoms with E-state index < -0.39 is 0 Å². The van der Waals surface area contributed by atoms with E-state index in [1.165, 1.54) is 28.7 Å². The molecule has 0 aromatic carbocycles. The van der Waals surface area contributed by atoms with Gasteiger partial charge < -0.3 is 9.30 Å². The molecular weight excluding hydrogens is 380 g/mol. The Hall–Kier alpha value is -1.55. The fraction of sp³-hybridized carbons (Fsp3) is 0.556. The van der Waals surface area contributed by atoms with E-state index in [0.29, 0.717) is 0 Å². The summed E-state index contributed by atoms with van der Waals surface area (Å²) in [6.07, 6.45) is 3.54. The Morgan fingerprint density at radius 3 is 2.78 bits per heavy atom. The van der Waals surface area contributed by atoms with Crippen LogP contribution in [0.4, 0.5) is 0 Å². The zero-order chi connectivity index (χ0) is 18.4. The first-order valence-electron chi connectivity index (χ1n) is 9.34. The molecular formula is C18H22N6OS2. The van der Waals surface area contributed by atoms with Crippen LogP contribution in [-0.4, -0.2) is 55.9 Å². The van der Waals surface area contributed by atoms with E-state index in [1.807, 2.05) is 29.9 Å². The summed E-state index contributed by atoms with van der Waals surface area (Å²) >= 11 is 3.46. The van der Waals surface area contributed by atoms with Gasteiger partial charge in [0.25, 0.3) is 0 Å². The first-order valence-corrected chi connectivity index (χ1v) is 11.0. The first-order chi connectivity index (χ1) is 13.2. The third-order valence-corrected chi connectivity index (χ3v) is 7.50. The van der Waals surface area contributed by atoms with Gasteiger partial charge in [-0.15, -0.1) is 21.5 Å². The molecule has 0 saturated carbocycles. The van der Waals surface area contributed by atoms with E-state index in [4.69, 9.17) is 14.7 Å². The number of hydrogen-bond donors (Lipinski definition) is 0. The molecule has 2 aliphatic rings. The maximum atomic E-state index is 5.46. The van der Waals surface area contributed by atoms with Crippen LogP contribution in [0.15, 0.2) is 10.2 Å². The molecule has 0 bridgehead atoms. The zero-order valence-corrected chi connectivity index (χ0v) is 17.2. The van der Waals surface area contributed by atoms with Crippen LogP contribution in [0.2, 0.25) is 0 Å². The van der Waals surface area contributed by atoms with E-state index in [2.05, 4.69) is 15.1 Å². The van der Waals surface area contributed by atoms with Crippen molar-refractivity contribution in [3.63, 3.8) is 0 Å². The lowest BCUT2D eigenvalue weighted by molar-refractivity contribution is 0.0330. The SMILES string of the molecule is Cc1nnc(Sc2nc(CN3CCOCC3)nc3sc4c(c23)CCC4)n1C. The molecule has 3 aromatic heterocycles. The van der Waals surface area contributed by atoms with Gasteiger partial charge in [-0.2, -0.15) is 0 Å². The Morgan fingerprint density at radius 2 is 2.00 bits per heavy atom. The highest BCUT2D eigenvalue weighted by atomic mass is 32.2. The number of ether oxygens (including phenoxy) is 1. The number of thiophene rings is 1. The first kappa shape index (κ1) is 17.5. The summed E-state index contributed by atoms with van der Waals surface area (Å²) in [5.74, 6) is 1.80. The van der Waals surface area contributed by atoms with Gasteiger partial charge in [0.15, 0.2) is 5.16 Å². The Labute approximate surface area is 166 Å². The summed E-state index contributed by atoms with van der Waals surface area (Å²) in [7, 11) is 2.00. The highest BCUT2D eigenvalue weighted by Gasteiger charge is 2.24. The predicted molar refractivity (Wildman–Crippen MR) is 105 cm³/mol. The van der Waals surface area contributed by atoms with Crippen LogP contribution < -0.4 is 0 Å². The molecule has 4 heterocycles. The molecule has 3 aromatic rings. The highest BCUT2D eigenvalue weighted by Crippen LogP contribution is 2.41. The molecule has 1 aliphatic heterocycles. The number of nitrogens with zero attached hydrogens (tertiary/aromatic N) is 6. The summed E-state index contributed by atoms with van der Waals surface area (Å²) in [5.41, 5.74) is 1.45. The molecule has 0 radical (unpaired) electrons. The summed E-state index contributed by atoms with van der Waals surface area (Å²) in [5, 5.41) is 11.7. The second-order valence-corrected chi connectivity index (χ2v) is 9.10. The second-order valence-electron chi connectivity index (χ2n) is 7.06. The maximum absolute atomic E-state index is 5.46. The second kappa shape index (κ2) is 7.12. The van der Waals surface area contributed by atoms with E-state index in [9.17, 15) is 0 Å². The van der Waals surface area contributed by atoms with Crippen molar-refractivity contribution in [3.05, 3.63) is 22.1 Å². The van der Waals surface area contributed by atoms with Gasteiger partial charge in [-0.25, -0.2) is 9.97 Å². The lowest BCUT2D eigenvalue weighted by Crippen LogP contribution is -2.36. The molecule has 9 heteroatoms. The molecule has 142 valence electrons. The standard InChI is InChI=1S/C18H22N6OS2/c1-11-21-22-18(23(11)2)27-17-15-12-4-3-5-13(12)26-16(15)19-14(20-17)10-24-6-8-25-9-7-24/h3-10H2,1-2H3. The maximum Gasteiger partial charge on any atom is 0.197 e. The minimum atomic E-state index is 0.771. The molecule has 0 atom stereocenters. The van der Waals surface area contributed by atoms with E-state index in [-0.39, 0.29) is 0 Å². The van der Waals surface area contributed by atoms with E-state index >= 15 is 0 Å². The number of aryl methyl sites for hydroxylation is 3. The van der Waals surface area contributed by atoms with Crippen LogP contribution in [-0.2, 0) is 31.2 Å². The van der Waals surface area contributed by atoms with Crippen molar-refractivity contribution < 1.29 is 4.74 Å². The summed E-state index contributed by atoms with van der Waals surface area (Å²) in [4.78, 5) is 14.9. The molecule has 0 spiro atoms. The van der Waals surface area contributed by atoms with Crippen molar-refractivity contribution >= 4 is 33.3 Å². The van der Waals surface area contributed by atoms with Gasteiger partial charge in [-0.1, -0.05) is 0 Å². The molecule has 7 nitrogen and oxygen atoms in total. The number of rotatable bonds is 4. The van der Waals surface area contributed by atoms with Crippen LogP contribution in [0.1, 0.15) is 28.5 Å². The molecule has 0 amide bonds. The van der Waals surface area contributed by atoms with E-state index in [0.717, 1.165) is 65.9 Å². The van der Waals surface area contributed by atoms with Crippen molar-refractivity contribution in [2.75, 3.05) is 26.3 Å². The van der Waals surface area contributed by atoms with Gasteiger partial charge in [0.1, 0.15) is 21.5 Å². The van der Waals surface area contributed by atoms with Crippen molar-refractivity contribution in [1.29, 1.82) is 0 Å². The topological polar surface area (TPSA) is 69.0 Å². The average molecular weight is 403 g/mol.